The third-order valence-electron chi connectivity index (χ3n) is 4.44. The maximum absolute atomic E-state index is 12.3. The van der Waals surface area contributed by atoms with Crippen molar-refractivity contribution in [1.82, 2.24) is 5.32 Å². The molecule has 0 unspecified atom stereocenters. The van der Waals surface area contributed by atoms with Gasteiger partial charge in [0.05, 0.1) is 0 Å². The van der Waals surface area contributed by atoms with Crippen LogP contribution in [0.4, 0.5) is 0 Å². The molecule has 3 heteroatoms. The van der Waals surface area contributed by atoms with Crippen LogP contribution in [0.1, 0.15) is 45.4 Å². The Hall–Kier alpha value is -0.830. The SMILES string of the molecule is CCC1(C(=O)N[C@@H]2C=C[C@H](CO)C2)CCCC1. The van der Waals surface area contributed by atoms with E-state index in [0.29, 0.717) is 0 Å². The fraction of sp³-hybridized carbons (Fsp3) is 0.786. The first kappa shape index (κ1) is 12.6. The third-order valence-corrected chi connectivity index (χ3v) is 4.44. The van der Waals surface area contributed by atoms with Gasteiger partial charge in [0.2, 0.25) is 5.91 Å². The van der Waals surface area contributed by atoms with E-state index in [-0.39, 0.29) is 29.9 Å². The molecule has 0 aromatic carbocycles. The monoisotopic (exact) mass is 237 g/mol. The van der Waals surface area contributed by atoms with Crippen LogP contribution in [0.15, 0.2) is 12.2 Å². The van der Waals surface area contributed by atoms with E-state index in [2.05, 4.69) is 12.2 Å². The summed E-state index contributed by atoms with van der Waals surface area (Å²) in [6.45, 7) is 2.30. The van der Waals surface area contributed by atoms with Crippen LogP contribution in [-0.4, -0.2) is 23.7 Å². The van der Waals surface area contributed by atoms with Crippen molar-refractivity contribution >= 4 is 5.91 Å². The Labute approximate surface area is 103 Å². The van der Waals surface area contributed by atoms with Crippen LogP contribution >= 0.6 is 0 Å². The van der Waals surface area contributed by atoms with Crippen LogP contribution in [-0.2, 0) is 4.79 Å². The van der Waals surface area contributed by atoms with E-state index >= 15 is 0 Å². The second kappa shape index (κ2) is 5.21. The zero-order chi connectivity index (χ0) is 12.3. The number of hydrogen-bond acceptors (Lipinski definition) is 2. The molecule has 0 bridgehead atoms. The molecule has 96 valence electrons. The van der Waals surface area contributed by atoms with Gasteiger partial charge in [-0.25, -0.2) is 0 Å². The van der Waals surface area contributed by atoms with E-state index in [1.165, 1.54) is 12.8 Å². The number of hydrogen-bond donors (Lipinski definition) is 2. The summed E-state index contributed by atoms with van der Waals surface area (Å²) in [7, 11) is 0. The van der Waals surface area contributed by atoms with E-state index < -0.39 is 0 Å². The molecule has 0 aromatic heterocycles. The minimum atomic E-state index is -0.106. The fourth-order valence-electron chi connectivity index (χ4n) is 3.13. The van der Waals surface area contributed by atoms with Gasteiger partial charge in [-0.2, -0.15) is 0 Å². The lowest BCUT2D eigenvalue weighted by atomic mass is 9.82. The molecule has 0 spiro atoms. The topological polar surface area (TPSA) is 49.3 Å². The number of aliphatic hydroxyl groups excluding tert-OH is 1. The lowest BCUT2D eigenvalue weighted by Crippen LogP contribution is -2.43. The Bertz CT molecular complexity index is 305. The van der Waals surface area contributed by atoms with Crippen LogP contribution in [0, 0.1) is 11.3 Å². The predicted octanol–water partition coefficient (Wildman–Crippen LogP) is 2.01. The summed E-state index contributed by atoms with van der Waals surface area (Å²) in [6.07, 6.45) is 10.3. The van der Waals surface area contributed by atoms with Crippen LogP contribution in [0.25, 0.3) is 0 Å². The normalized spacial score (nSPS) is 30.7. The van der Waals surface area contributed by atoms with Crippen molar-refractivity contribution in [2.24, 2.45) is 11.3 Å². The van der Waals surface area contributed by atoms with Crippen molar-refractivity contribution in [3.8, 4) is 0 Å². The summed E-state index contributed by atoms with van der Waals surface area (Å²) in [6, 6.07) is 0.128. The van der Waals surface area contributed by atoms with E-state index in [0.717, 1.165) is 25.7 Å². The predicted molar refractivity (Wildman–Crippen MR) is 67.5 cm³/mol. The largest absolute Gasteiger partial charge is 0.396 e. The van der Waals surface area contributed by atoms with Crippen molar-refractivity contribution in [2.75, 3.05) is 6.61 Å². The van der Waals surface area contributed by atoms with Gasteiger partial charge in [-0.3, -0.25) is 4.79 Å². The van der Waals surface area contributed by atoms with Gasteiger partial charge < -0.3 is 10.4 Å². The van der Waals surface area contributed by atoms with E-state index in [1.54, 1.807) is 0 Å². The highest BCUT2D eigenvalue weighted by Gasteiger charge is 2.40. The molecule has 0 heterocycles. The Morgan fingerprint density at radius 1 is 1.41 bits per heavy atom. The highest BCUT2D eigenvalue weighted by molar-refractivity contribution is 5.83. The summed E-state index contributed by atoms with van der Waals surface area (Å²) in [5.41, 5.74) is -0.106. The molecule has 2 rings (SSSR count). The molecule has 17 heavy (non-hydrogen) atoms. The number of aliphatic hydroxyl groups is 1. The Kier molecular flexibility index (Phi) is 3.87. The van der Waals surface area contributed by atoms with Gasteiger partial charge in [0, 0.05) is 24.0 Å². The van der Waals surface area contributed by atoms with E-state index in [9.17, 15) is 4.79 Å². The van der Waals surface area contributed by atoms with Crippen LogP contribution in [0.5, 0.6) is 0 Å². The van der Waals surface area contributed by atoms with Gasteiger partial charge in [0.15, 0.2) is 0 Å². The molecule has 1 fully saturated rings. The van der Waals surface area contributed by atoms with Gasteiger partial charge in [0.1, 0.15) is 0 Å². The molecule has 0 aromatic rings. The second-order valence-corrected chi connectivity index (χ2v) is 5.48. The molecule has 0 saturated heterocycles. The van der Waals surface area contributed by atoms with Gasteiger partial charge >= 0.3 is 0 Å². The number of carbonyl (C=O) groups excluding carboxylic acids is 1. The Balaban J connectivity index is 1.91. The summed E-state index contributed by atoms with van der Waals surface area (Å²) in [5, 5.41) is 12.2. The van der Waals surface area contributed by atoms with Crippen molar-refractivity contribution in [3.05, 3.63) is 12.2 Å². The molecule has 1 amide bonds. The van der Waals surface area contributed by atoms with Crippen molar-refractivity contribution in [3.63, 3.8) is 0 Å². The summed E-state index contributed by atoms with van der Waals surface area (Å²) >= 11 is 0. The molecule has 0 radical (unpaired) electrons. The summed E-state index contributed by atoms with van der Waals surface area (Å²) in [5.74, 6) is 0.451. The maximum Gasteiger partial charge on any atom is 0.226 e. The molecular weight excluding hydrogens is 214 g/mol. The molecule has 0 aliphatic heterocycles. The van der Waals surface area contributed by atoms with Crippen molar-refractivity contribution < 1.29 is 9.90 Å². The molecular formula is C14H23NO2. The lowest BCUT2D eigenvalue weighted by Gasteiger charge is -2.27. The number of rotatable bonds is 4. The van der Waals surface area contributed by atoms with Crippen molar-refractivity contribution in [1.29, 1.82) is 0 Å². The number of carbonyl (C=O) groups is 1. The quantitative estimate of drug-likeness (QED) is 0.735. The molecule has 2 N–H and O–H groups in total. The summed E-state index contributed by atoms with van der Waals surface area (Å²) in [4.78, 5) is 12.3. The maximum atomic E-state index is 12.3. The highest BCUT2D eigenvalue weighted by Crippen LogP contribution is 2.41. The lowest BCUT2D eigenvalue weighted by molar-refractivity contribution is -0.131. The zero-order valence-electron chi connectivity index (χ0n) is 10.6. The standard InChI is InChI=1S/C14H23NO2/c1-2-14(7-3-4-8-14)13(17)15-12-6-5-11(9-12)10-16/h5-6,11-12,16H,2-4,7-10H2,1H3,(H,15,17)/t11-,12+/m0/s1. The first-order chi connectivity index (χ1) is 8.20. The fourth-order valence-corrected chi connectivity index (χ4v) is 3.13. The first-order valence-corrected chi connectivity index (χ1v) is 6.80. The molecule has 2 aliphatic rings. The van der Waals surface area contributed by atoms with E-state index in [1.807, 2.05) is 12.2 Å². The van der Waals surface area contributed by atoms with Gasteiger partial charge in [-0.15, -0.1) is 0 Å². The third kappa shape index (κ3) is 2.54. The minimum absolute atomic E-state index is 0.106. The van der Waals surface area contributed by atoms with Crippen LogP contribution < -0.4 is 5.32 Å². The molecule has 1 saturated carbocycles. The molecule has 2 aliphatic carbocycles. The van der Waals surface area contributed by atoms with Crippen LogP contribution in [0.2, 0.25) is 0 Å². The van der Waals surface area contributed by atoms with E-state index in [4.69, 9.17) is 5.11 Å². The first-order valence-electron chi connectivity index (χ1n) is 6.80. The smallest absolute Gasteiger partial charge is 0.226 e. The molecule has 3 nitrogen and oxygen atoms in total. The molecule has 2 atom stereocenters. The summed E-state index contributed by atoms with van der Waals surface area (Å²) < 4.78 is 0. The second-order valence-electron chi connectivity index (χ2n) is 5.48. The van der Waals surface area contributed by atoms with Crippen molar-refractivity contribution in [2.45, 2.75) is 51.5 Å². The Morgan fingerprint density at radius 3 is 2.65 bits per heavy atom. The minimum Gasteiger partial charge on any atom is -0.396 e. The van der Waals surface area contributed by atoms with Crippen LogP contribution in [0.3, 0.4) is 0 Å². The average molecular weight is 237 g/mol. The van der Waals surface area contributed by atoms with Gasteiger partial charge in [0.25, 0.3) is 0 Å². The van der Waals surface area contributed by atoms with Gasteiger partial charge in [-0.05, 0) is 25.7 Å². The number of nitrogens with one attached hydrogen (secondary N) is 1. The number of amides is 1. The Morgan fingerprint density at radius 2 is 2.12 bits per heavy atom. The highest BCUT2D eigenvalue weighted by atomic mass is 16.3. The van der Waals surface area contributed by atoms with Gasteiger partial charge in [-0.1, -0.05) is 31.9 Å². The average Bonchev–Trinajstić information content (AvgIpc) is 2.97. The zero-order valence-corrected chi connectivity index (χ0v) is 10.6.